The molecule has 0 spiro atoms. The molecule has 0 saturated carbocycles. The maximum Gasteiger partial charge on any atom is 0.434 e. The van der Waals surface area contributed by atoms with Crippen LogP contribution in [0.5, 0.6) is 0 Å². The van der Waals surface area contributed by atoms with Gasteiger partial charge in [-0.15, -0.1) is 0 Å². The monoisotopic (exact) mass is 314 g/mol. The molecule has 0 aliphatic rings. The maximum atomic E-state index is 12.5. The zero-order valence-electron chi connectivity index (χ0n) is 8.02. The van der Waals surface area contributed by atoms with Gasteiger partial charge in [-0.3, -0.25) is 0 Å². The van der Waals surface area contributed by atoms with E-state index in [9.17, 15) is 22.0 Å². The van der Waals surface area contributed by atoms with E-state index in [4.69, 9.17) is 5.26 Å². The van der Waals surface area contributed by atoms with Gasteiger partial charge in [0.1, 0.15) is 11.8 Å². The fraction of sp³-hybridized carbons (Fsp3) is 0.333. The van der Waals surface area contributed by atoms with Crippen molar-refractivity contribution in [3.63, 3.8) is 0 Å². The standard InChI is InChI=1S/C9H4BrF5N2/c10-2-4-1-6(8(11)12)17-7(5(4)3-16)9(13,14)15/h1,8H,2H2. The summed E-state index contributed by atoms with van der Waals surface area (Å²) in [6.07, 6.45) is -8.06. The van der Waals surface area contributed by atoms with E-state index < -0.39 is 29.6 Å². The van der Waals surface area contributed by atoms with E-state index >= 15 is 0 Å². The van der Waals surface area contributed by atoms with E-state index in [1.165, 1.54) is 6.07 Å². The van der Waals surface area contributed by atoms with Crippen LogP contribution >= 0.6 is 15.9 Å². The van der Waals surface area contributed by atoms with Crippen molar-refractivity contribution in [3.05, 3.63) is 28.6 Å². The molecule has 0 unspecified atom stereocenters. The van der Waals surface area contributed by atoms with Crippen LogP contribution in [0.15, 0.2) is 6.07 Å². The Labute approximate surface area is 101 Å². The summed E-state index contributed by atoms with van der Waals surface area (Å²) in [5.41, 5.74) is -3.47. The highest BCUT2D eigenvalue weighted by Crippen LogP contribution is 2.34. The van der Waals surface area contributed by atoms with Gasteiger partial charge >= 0.3 is 6.18 Å². The van der Waals surface area contributed by atoms with Gasteiger partial charge in [-0.2, -0.15) is 18.4 Å². The van der Waals surface area contributed by atoms with E-state index in [0.29, 0.717) is 0 Å². The molecule has 2 nitrogen and oxygen atoms in total. The molecular formula is C9H4BrF5N2. The Hall–Kier alpha value is -1.23. The number of halogens is 6. The number of nitriles is 1. The first kappa shape index (κ1) is 13.8. The van der Waals surface area contributed by atoms with Crippen LogP contribution in [0.25, 0.3) is 0 Å². The molecule has 0 aliphatic carbocycles. The van der Waals surface area contributed by atoms with Gasteiger partial charge in [0.15, 0.2) is 5.69 Å². The van der Waals surface area contributed by atoms with Crippen molar-refractivity contribution in [1.29, 1.82) is 5.26 Å². The smallest absolute Gasteiger partial charge is 0.241 e. The second kappa shape index (κ2) is 4.96. The van der Waals surface area contributed by atoms with E-state index in [-0.39, 0.29) is 10.9 Å². The van der Waals surface area contributed by atoms with Crippen LogP contribution in [-0.4, -0.2) is 4.98 Å². The lowest BCUT2D eigenvalue weighted by molar-refractivity contribution is -0.141. The minimum absolute atomic E-state index is 0.138. The number of hydrogen-bond acceptors (Lipinski definition) is 2. The molecule has 0 fully saturated rings. The molecule has 8 heteroatoms. The minimum atomic E-state index is -4.94. The lowest BCUT2D eigenvalue weighted by Gasteiger charge is -2.12. The average Bonchev–Trinajstić information content (AvgIpc) is 2.25. The van der Waals surface area contributed by atoms with Gasteiger partial charge in [0, 0.05) is 5.33 Å². The molecule has 0 radical (unpaired) electrons. The molecule has 0 amide bonds. The molecule has 1 heterocycles. The molecule has 1 aromatic rings. The maximum absolute atomic E-state index is 12.5. The third-order valence-electron chi connectivity index (χ3n) is 1.87. The fourth-order valence-electron chi connectivity index (χ4n) is 1.17. The molecule has 0 atom stereocenters. The summed E-state index contributed by atoms with van der Waals surface area (Å²) in [4.78, 5) is 2.80. The number of hydrogen-bond donors (Lipinski definition) is 0. The van der Waals surface area contributed by atoms with Crippen molar-refractivity contribution in [1.82, 2.24) is 4.98 Å². The van der Waals surface area contributed by atoms with Gasteiger partial charge in [0.05, 0.1) is 5.56 Å². The van der Waals surface area contributed by atoms with E-state index in [0.717, 1.165) is 6.07 Å². The number of alkyl halides is 6. The Morgan fingerprint density at radius 3 is 2.35 bits per heavy atom. The van der Waals surface area contributed by atoms with E-state index in [1.807, 2.05) is 0 Å². The van der Waals surface area contributed by atoms with Crippen molar-refractivity contribution in [2.75, 3.05) is 0 Å². The van der Waals surface area contributed by atoms with E-state index in [2.05, 4.69) is 20.9 Å². The molecule has 0 bridgehead atoms. The Morgan fingerprint density at radius 2 is 2.00 bits per heavy atom. The highest BCUT2D eigenvalue weighted by atomic mass is 79.9. The normalized spacial score (nSPS) is 11.6. The Balaban J connectivity index is 3.56. The third-order valence-corrected chi connectivity index (χ3v) is 2.47. The van der Waals surface area contributed by atoms with Gasteiger partial charge in [-0.1, -0.05) is 15.9 Å². The van der Waals surface area contributed by atoms with Crippen molar-refractivity contribution in [2.45, 2.75) is 17.9 Å². The lowest BCUT2D eigenvalue weighted by Crippen LogP contribution is -2.14. The summed E-state index contributed by atoms with van der Waals surface area (Å²) < 4.78 is 62.3. The van der Waals surface area contributed by atoms with Crippen LogP contribution in [-0.2, 0) is 11.5 Å². The highest BCUT2D eigenvalue weighted by molar-refractivity contribution is 9.08. The number of rotatable bonds is 2. The van der Waals surface area contributed by atoms with Crippen LogP contribution < -0.4 is 0 Å². The van der Waals surface area contributed by atoms with Crippen molar-refractivity contribution in [3.8, 4) is 6.07 Å². The second-order valence-electron chi connectivity index (χ2n) is 2.97. The lowest BCUT2D eigenvalue weighted by atomic mass is 10.1. The van der Waals surface area contributed by atoms with Crippen molar-refractivity contribution >= 4 is 15.9 Å². The summed E-state index contributed by atoms with van der Waals surface area (Å²) in [6, 6.07) is 2.12. The first-order chi connectivity index (χ1) is 7.81. The number of pyridine rings is 1. The Morgan fingerprint density at radius 1 is 1.41 bits per heavy atom. The molecule has 92 valence electrons. The van der Waals surface area contributed by atoms with Crippen LogP contribution in [0.4, 0.5) is 22.0 Å². The Bertz CT molecular complexity index is 464. The highest BCUT2D eigenvalue weighted by Gasteiger charge is 2.37. The van der Waals surface area contributed by atoms with Gasteiger partial charge in [0.2, 0.25) is 0 Å². The molecule has 17 heavy (non-hydrogen) atoms. The average molecular weight is 315 g/mol. The first-order valence-corrected chi connectivity index (χ1v) is 5.28. The third kappa shape index (κ3) is 2.91. The van der Waals surface area contributed by atoms with Crippen LogP contribution in [0.1, 0.15) is 28.9 Å². The molecule has 0 aliphatic heterocycles. The predicted octanol–water partition coefficient (Wildman–Crippen LogP) is 3.80. The van der Waals surface area contributed by atoms with Crippen molar-refractivity contribution in [2.24, 2.45) is 0 Å². The van der Waals surface area contributed by atoms with Gasteiger partial charge < -0.3 is 0 Å². The summed E-state index contributed by atoms with van der Waals surface area (Å²) in [5.74, 6) is 0. The van der Waals surface area contributed by atoms with Crippen LogP contribution in [0, 0.1) is 11.3 Å². The van der Waals surface area contributed by atoms with E-state index in [1.54, 1.807) is 0 Å². The number of aromatic nitrogens is 1. The molecule has 0 saturated heterocycles. The summed E-state index contributed by atoms with van der Waals surface area (Å²) in [7, 11) is 0. The predicted molar refractivity (Wildman–Crippen MR) is 51.5 cm³/mol. The van der Waals surface area contributed by atoms with Crippen LogP contribution in [0.3, 0.4) is 0 Å². The largest absolute Gasteiger partial charge is 0.434 e. The molecule has 0 N–H and O–H groups in total. The Kier molecular flexibility index (Phi) is 4.03. The van der Waals surface area contributed by atoms with Crippen molar-refractivity contribution < 1.29 is 22.0 Å². The zero-order chi connectivity index (χ0) is 13.2. The van der Waals surface area contributed by atoms with Gasteiger partial charge in [0.25, 0.3) is 6.43 Å². The van der Waals surface area contributed by atoms with Gasteiger partial charge in [-0.05, 0) is 11.6 Å². The molecule has 0 aromatic carbocycles. The number of nitrogens with zero attached hydrogens (tertiary/aromatic N) is 2. The molecular weight excluding hydrogens is 311 g/mol. The SMILES string of the molecule is N#Cc1c(CBr)cc(C(F)F)nc1C(F)(F)F. The second-order valence-corrected chi connectivity index (χ2v) is 3.53. The zero-order valence-corrected chi connectivity index (χ0v) is 9.61. The quantitative estimate of drug-likeness (QED) is 0.615. The molecule has 1 rings (SSSR count). The summed E-state index contributed by atoms with van der Waals surface area (Å²) in [5, 5.41) is 8.49. The summed E-state index contributed by atoms with van der Waals surface area (Å²) >= 11 is 2.84. The van der Waals surface area contributed by atoms with Gasteiger partial charge in [-0.25, -0.2) is 13.8 Å². The minimum Gasteiger partial charge on any atom is -0.241 e. The summed E-state index contributed by atoms with van der Waals surface area (Å²) in [6.45, 7) is 0. The fourth-order valence-corrected chi connectivity index (χ4v) is 1.61. The molecule has 1 aromatic heterocycles. The van der Waals surface area contributed by atoms with Crippen LogP contribution in [0.2, 0.25) is 0 Å². The topological polar surface area (TPSA) is 36.7 Å². The first-order valence-electron chi connectivity index (χ1n) is 4.16.